The summed E-state index contributed by atoms with van der Waals surface area (Å²) in [5.41, 5.74) is 3.33. The van der Waals surface area contributed by atoms with Crippen molar-refractivity contribution >= 4 is 28.6 Å². The third kappa shape index (κ3) is 3.51. The number of carbonyl (C=O) groups is 1. The molecule has 4 aromatic rings. The number of anilines is 2. The number of nitrogens with one attached hydrogen (secondary N) is 1. The average molecular weight is 456 g/mol. The lowest BCUT2D eigenvalue weighted by atomic mass is 10.1. The fourth-order valence-electron chi connectivity index (χ4n) is 4.52. The molecular weight excluding hydrogens is 430 g/mol. The Hall–Kier alpha value is -4.08. The molecule has 0 spiro atoms. The fraction of sp³-hybridized carbons (Fsp3) is 0.333. The van der Waals surface area contributed by atoms with Gasteiger partial charge in [0, 0.05) is 42.8 Å². The molecule has 0 unspecified atom stereocenters. The summed E-state index contributed by atoms with van der Waals surface area (Å²) < 4.78 is 2.03. The van der Waals surface area contributed by atoms with E-state index >= 15 is 0 Å². The van der Waals surface area contributed by atoms with E-state index in [2.05, 4.69) is 37.5 Å². The van der Waals surface area contributed by atoms with Crippen LogP contribution in [0, 0.1) is 0 Å². The SMILES string of the molecule is CC(C)N1Cc2c(NCc3cnc4ccccc4c3)nc(N3CCn4cnnc4C3)nc2C1=O. The van der Waals surface area contributed by atoms with Gasteiger partial charge in [0.2, 0.25) is 5.95 Å². The van der Waals surface area contributed by atoms with E-state index in [1.165, 1.54) is 0 Å². The maximum absolute atomic E-state index is 13.2. The van der Waals surface area contributed by atoms with Crippen molar-refractivity contribution in [3.8, 4) is 0 Å². The second-order valence-corrected chi connectivity index (χ2v) is 8.98. The lowest BCUT2D eigenvalue weighted by molar-refractivity contribution is 0.0726. The van der Waals surface area contributed by atoms with E-state index in [-0.39, 0.29) is 11.9 Å². The highest BCUT2D eigenvalue weighted by molar-refractivity contribution is 5.98. The molecule has 10 heteroatoms. The quantitative estimate of drug-likeness (QED) is 0.490. The first-order valence-electron chi connectivity index (χ1n) is 11.5. The normalized spacial score (nSPS) is 15.2. The maximum Gasteiger partial charge on any atom is 0.273 e. The molecule has 1 N–H and O–H groups in total. The third-order valence-corrected chi connectivity index (χ3v) is 6.44. The van der Waals surface area contributed by atoms with Crippen LogP contribution in [0.25, 0.3) is 10.9 Å². The first-order valence-corrected chi connectivity index (χ1v) is 11.5. The number of aromatic nitrogens is 6. The molecule has 172 valence electrons. The zero-order valence-corrected chi connectivity index (χ0v) is 19.1. The van der Waals surface area contributed by atoms with Crippen LogP contribution in [0.2, 0.25) is 0 Å². The predicted octanol–water partition coefficient (Wildman–Crippen LogP) is 2.61. The van der Waals surface area contributed by atoms with Crippen LogP contribution in [0.15, 0.2) is 42.9 Å². The largest absolute Gasteiger partial charge is 0.365 e. The Morgan fingerprint density at radius 1 is 1.12 bits per heavy atom. The molecule has 6 rings (SSSR count). The van der Waals surface area contributed by atoms with Gasteiger partial charge in [-0.2, -0.15) is 4.98 Å². The van der Waals surface area contributed by atoms with E-state index in [0.717, 1.165) is 40.9 Å². The van der Waals surface area contributed by atoms with Gasteiger partial charge in [-0.15, -0.1) is 10.2 Å². The Labute approximate surface area is 196 Å². The Balaban J connectivity index is 1.33. The van der Waals surface area contributed by atoms with Crippen molar-refractivity contribution in [1.29, 1.82) is 0 Å². The van der Waals surface area contributed by atoms with Gasteiger partial charge in [-0.1, -0.05) is 18.2 Å². The number of pyridine rings is 1. The van der Waals surface area contributed by atoms with Crippen LogP contribution in [0.3, 0.4) is 0 Å². The lowest BCUT2D eigenvalue weighted by Gasteiger charge is -2.27. The molecule has 34 heavy (non-hydrogen) atoms. The molecule has 0 saturated carbocycles. The third-order valence-electron chi connectivity index (χ3n) is 6.44. The number of rotatable bonds is 5. The van der Waals surface area contributed by atoms with Gasteiger partial charge in [-0.3, -0.25) is 9.78 Å². The monoisotopic (exact) mass is 455 g/mol. The lowest BCUT2D eigenvalue weighted by Crippen LogP contribution is -2.35. The smallest absolute Gasteiger partial charge is 0.273 e. The number of carbonyl (C=O) groups excluding carboxylic acids is 1. The molecule has 5 heterocycles. The minimum Gasteiger partial charge on any atom is -0.365 e. The number of nitrogens with zero attached hydrogens (tertiary/aromatic N) is 8. The molecule has 0 saturated heterocycles. The van der Waals surface area contributed by atoms with Gasteiger partial charge in [-0.05, 0) is 31.5 Å². The molecule has 3 aromatic heterocycles. The van der Waals surface area contributed by atoms with Crippen molar-refractivity contribution in [1.82, 2.24) is 34.6 Å². The molecule has 1 amide bonds. The topological polar surface area (TPSA) is 105 Å². The number of amides is 1. The molecular formula is C24H25N9O. The van der Waals surface area contributed by atoms with Gasteiger partial charge < -0.3 is 19.7 Å². The summed E-state index contributed by atoms with van der Waals surface area (Å²) in [6.07, 6.45) is 3.62. The molecule has 1 aromatic carbocycles. The van der Waals surface area contributed by atoms with Crippen LogP contribution >= 0.6 is 0 Å². The summed E-state index contributed by atoms with van der Waals surface area (Å²) >= 11 is 0. The fourth-order valence-corrected chi connectivity index (χ4v) is 4.52. The van der Waals surface area contributed by atoms with E-state index in [9.17, 15) is 4.79 Å². The highest BCUT2D eigenvalue weighted by Crippen LogP contribution is 2.31. The van der Waals surface area contributed by atoms with E-state index in [0.29, 0.717) is 37.1 Å². The molecule has 10 nitrogen and oxygen atoms in total. The second kappa shape index (κ2) is 8.05. The van der Waals surface area contributed by atoms with Crippen LogP contribution in [0.5, 0.6) is 0 Å². The molecule has 0 bridgehead atoms. The molecule has 2 aliphatic heterocycles. The number of hydrogen-bond donors (Lipinski definition) is 1. The van der Waals surface area contributed by atoms with E-state index < -0.39 is 0 Å². The minimum absolute atomic E-state index is 0.0516. The van der Waals surface area contributed by atoms with Gasteiger partial charge in [0.15, 0.2) is 5.82 Å². The van der Waals surface area contributed by atoms with Gasteiger partial charge >= 0.3 is 0 Å². The summed E-state index contributed by atoms with van der Waals surface area (Å²) in [6.45, 7) is 7.10. The van der Waals surface area contributed by atoms with Crippen molar-refractivity contribution in [3.05, 3.63) is 65.5 Å². The van der Waals surface area contributed by atoms with Crippen LogP contribution in [-0.4, -0.2) is 53.1 Å². The first-order chi connectivity index (χ1) is 16.6. The summed E-state index contributed by atoms with van der Waals surface area (Å²) in [4.78, 5) is 31.2. The van der Waals surface area contributed by atoms with Gasteiger partial charge in [0.05, 0.1) is 18.6 Å². The Morgan fingerprint density at radius 2 is 2.00 bits per heavy atom. The minimum atomic E-state index is -0.0516. The number of fused-ring (bicyclic) bond motifs is 3. The summed E-state index contributed by atoms with van der Waals surface area (Å²) in [6, 6.07) is 10.3. The van der Waals surface area contributed by atoms with Gasteiger partial charge in [0.1, 0.15) is 17.8 Å². The maximum atomic E-state index is 13.2. The standard InChI is InChI=1S/C24H25N9O/c1-15(2)33-12-18-21(23(33)34)28-24(31-7-8-32-14-27-30-20(32)13-31)29-22(18)26-11-16-9-17-5-3-4-6-19(17)25-10-16/h3-6,9-10,14-15H,7-8,11-13H2,1-2H3,(H,26,28,29). The molecule has 0 atom stereocenters. The van der Waals surface area contributed by atoms with Crippen molar-refractivity contribution in [2.75, 3.05) is 16.8 Å². The zero-order chi connectivity index (χ0) is 23.2. The van der Waals surface area contributed by atoms with Crippen molar-refractivity contribution in [2.45, 2.75) is 46.1 Å². The molecule has 0 aliphatic carbocycles. The number of hydrogen-bond acceptors (Lipinski definition) is 8. The Morgan fingerprint density at radius 3 is 2.88 bits per heavy atom. The van der Waals surface area contributed by atoms with Crippen LogP contribution in [0.1, 0.15) is 41.3 Å². The van der Waals surface area contributed by atoms with E-state index in [1.54, 1.807) is 6.33 Å². The van der Waals surface area contributed by atoms with Crippen molar-refractivity contribution < 1.29 is 4.79 Å². The number of benzene rings is 1. The summed E-state index contributed by atoms with van der Waals surface area (Å²) in [5.74, 6) is 2.04. The highest BCUT2D eigenvalue weighted by atomic mass is 16.2. The molecule has 0 fully saturated rings. The first kappa shape index (κ1) is 20.5. The van der Waals surface area contributed by atoms with E-state index in [1.807, 2.05) is 47.7 Å². The molecule has 0 radical (unpaired) electrons. The number of para-hydroxylation sites is 1. The van der Waals surface area contributed by atoms with Crippen LogP contribution in [-0.2, 0) is 26.2 Å². The van der Waals surface area contributed by atoms with Crippen molar-refractivity contribution in [2.24, 2.45) is 0 Å². The zero-order valence-electron chi connectivity index (χ0n) is 19.1. The highest BCUT2D eigenvalue weighted by Gasteiger charge is 2.35. The van der Waals surface area contributed by atoms with Gasteiger partial charge in [-0.25, -0.2) is 4.98 Å². The van der Waals surface area contributed by atoms with Crippen molar-refractivity contribution in [3.63, 3.8) is 0 Å². The second-order valence-electron chi connectivity index (χ2n) is 8.98. The van der Waals surface area contributed by atoms with Crippen LogP contribution in [0.4, 0.5) is 11.8 Å². The Kier molecular flexibility index (Phi) is 4.86. The average Bonchev–Trinajstić information content (AvgIpc) is 3.46. The summed E-state index contributed by atoms with van der Waals surface area (Å²) in [7, 11) is 0. The van der Waals surface area contributed by atoms with Crippen LogP contribution < -0.4 is 10.2 Å². The van der Waals surface area contributed by atoms with E-state index in [4.69, 9.17) is 9.97 Å². The molecule has 2 aliphatic rings. The Bertz CT molecular complexity index is 1400. The predicted molar refractivity (Wildman–Crippen MR) is 127 cm³/mol. The van der Waals surface area contributed by atoms with Gasteiger partial charge in [0.25, 0.3) is 5.91 Å². The summed E-state index contributed by atoms with van der Waals surface area (Å²) in [5, 5.41) is 12.8.